The van der Waals surface area contributed by atoms with E-state index in [9.17, 15) is 14.9 Å². The third kappa shape index (κ3) is 3.83. The van der Waals surface area contributed by atoms with Crippen LogP contribution in [0.1, 0.15) is 5.56 Å². The van der Waals surface area contributed by atoms with E-state index in [4.69, 9.17) is 5.53 Å². The molecule has 0 aliphatic heterocycles. The summed E-state index contributed by atoms with van der Waals surface area (Å²) in [6.45, 7) is -0.241. The summed E-state index contributed by atoms with van der Waals surface area (Å²) in [6, 6.07) is 5.91. The fraction of sp³-hybridized carbons (Fsp3) is 0.182. The first-order chi connectivity index (χ1) is 9.10. The van der Waals surface area contributed by atoms with Crippen molar-refractivity contribution in [2.75, 3.05) is 13.7 Å². The molecule has 0 saturated carbocycles. The zero-order valence-corrected chi connectivity index (χ0v) is 10.0. The van der Waals surface area contributed by atoms with Crippen LogP contribution < -0.4 is 0 Å². The van der Waals surface area contributed by atoms with Gasteiger partial charge in [-0.25, -0.2) is 4.79 Å². The summed E-state index contributed by atoms with van der Waals surface area (Å²) in [5, 5.41) is 14.1. The molecule has 8 nitrogen and oxygen atoms in total. The summed E-state index contributed by atoms with van der Waals surface area (Å²) >= 11 is 0. The topological polar surface area (TPSA) is 118 Å². The number of hydrogen-bond acceptors (Lipinski definition) is 5. The molecule has 1 aromatic carbocycles. The minimum Gasteiger partial charge on any atom is -0.466 e. The average molecular weight is 262 g/mol. The Morgan fingerprint density at radius 2 is 2.26 bits per heavy atom. The minimum absolute atomic E-state index is 0.0367. The van der Waals surface area contributed by atoms with Crippen molar-refractivity contribution in [3.05, 3.63) is 56.0 Å². The maximum Gasteiger partial charge on any atom is 0.333 e. The number of carbonyl (C=O) groups is 1. The Hall–Kier alpha value is -2.86. The highest BCUT2D eigenvalue weighted by molar-refractivity contribution is 5.94. The van der Waals surface area contributed by atoms with Gasteiger partial charge in [-0.1, -0.05) is 17.2 Å². The number of hydrogen-bond donors (Lipinski definition) is 0. The largest absolute Gasteiger partial charge is 0.466 e. The molecule has 1 rings (SSSR count). The van der Waals surface area contributed by atoms with Crippen LogP contribution in [0.25, 0.3) is 16.5 Å². The first kappa shape index (κ1) is 14.2. The molecule has 19 heavy (non-hydrogen) atoms. The minimum atomic E-state index is -0.703. The van der Waals surface area contributed by atoms with Crippen LogP contribution in [0, 0.1) is 10.1 Å². The van der Waals surface area contributed by atoms with Gasteiger partial charge in [0, 0.05) is 16.6 Å². The predicted molar refractivity (Wildman–Crippen MR) is 67.1 cm³/mol. The van der Waals surface area contributed by atoms with Gasteiger partial charge in [-0.05, 0) is 17.7 Å². The lowest BCUT2D eigenvalue weighted by Gasteiger charge is -2.02. The van der Waals surface area contributed by atoms with Crippen molar-refractivity contribution in [1.29, 1.82) is 0 Å². The molecule has 0 atom stereocenters. The molecular formula is C11H10N4O4. The maximum atomic E-state index is 11.5. The lowest BCUT2D eigenvalue weighted by Crippen LogP contribution is -2.07. The standard InChI is InChI=1S/C11H10N4O4/c1-19-11(16)9(7-13-14-12)6-8-4-2-3-5-10(8)15(17)18/h2-6H,7H2,1H3/b9-6-. The quantitative estimate of drug-likeness (QED) is 0.154. The van der Waals surface area contributed by atoms with Crippen LogP contribution in [0.2, 0.25) is 0 Å². The Labute approximate surface area is 108 Å². The van der Waals surface area contributed by atoms with Gasteiger partial charge in [-0.15, -0.1) is 0 Å². The zero-order valence-electron chi connectivity index (χ0n) is 10.0. The van der Waals surface area contributed by atoms with E-state index in [2.05, 4.69) is 14.8 Å². The Kier molecular flexibility index (Phi) is 5.06. The van der Waals surface area contributed by atoms with Crippen molar-refractivity contribution in [2.45, 2.75) is 0 Å². The summed E-state index contributed by atoms with van der Waals surface area (Å²) in [5.41, 5.74) is 8.37. The lowest BCUT2D eigenvalue weighted by atomic mass is 10.1. The number of nitro groups is 1. The van der Waals surface area contributed by atoms with Gasteiger partial charge < -0.3 is 4.74 Å². The molecular weight excluding hydrogens is 252 g/mol. The van der Waals surface area contributed by atoms with E-state index < -0.39 is 10.9 Å². The van der Waals surface area contributed by atoms with Crippen LogP contribution in [0.5, 0.6) is 0 Å². The summed E-state index contributed by atoms with van der Waals surface area (Å²) in [4.78, 5) is 24.3. The van der Waals surface area contributed by atoms with Crippen molar-refractivity contribution in [3.8, 4) is 0 Å². The van der Waals surface area contributed by atoms with Crippen molar-refractivity contribution in [1.82, 2.24) is 0 Å². The Morgan fingerprint density at radius 1 is 1.58 bits per heavy atom. The number of rotatable bonds is 5. The van der Waals surface area contributed by atoms with Crippen LogP contribution in [0.4, 0.5) is 5.69 Å². The summed E-state index contributed by atoms with van der Waals surface area (Å²) in [6.07, 6.45) is 1.28. The Bertz CT molecular complexity index is 576. The van der Waals surface area contributed by atoms with Crippen LogP contribution in [0.15, 0.2) is 35.0 Å². The van der Waals surface area contributed by atoms with Crippen molar-refractivity contribution in [3.63, 3.8) is 0 Å². The number of esters is 1. The van der Waals surface area contributed by atoms with E-state index in [1.165, 1.54) is 31.4 Å². The van der Waals surface area contributed by atoms with Gasteiger partial charge in [0.05, 0.1) is 24.1 Å². The molecule has 0 aliphatic carbocycles. The highest BCUT2D eigenvalue weighted by atomic mass is 16.6. The first-order valence-electron chi connectivity index (χ1n) is 5.13. The first-order valence-corrected chi connectivity index (χ1v) is 5.13. The van der Waals surface area contributed by atoms with Crippen molar-refractivity contribution < 1.29 is 14.5 Å². The zero-order chi connectivity index (χ0) is 14.3. The fourth-order valence-corrected chi connectivity index (χ4v) is 1.37. The molecule has 0 unspecified atom stereocenters. The summed E-state index contributed by atoms with van der Waals surface area (Å²) in [5.74, 6) is -0.703. The summed E-state index contributed by atoms with van der Waals surface area (Å²) < 4.78 is 4.52. The van der Waals surface area contributed by atoms with Gasteiger partial charge in [-0.3, -0.25) is 10.1 Å². The second kappa shape index (κ2) is 6.77. The van der Waals surface area contributed by atoms with Gasteiger partial charge in [0.1, 0.15) is 0 Å². The van der Waals surface area contributed by atoms with Gasteiger partial charge in [0.25, 0.3) is 5.69 Å². The Morgan fingerprint density at radius 3 is 2.84 bits per heavy atom. The number of nitro benzene ring substituents is 1. The van der Waals surface area contributed by atoms with Gasteiger partial charge >= 0.3 is 5.97 Å². The predicted octanol–water partition coefficient (Wildman–Crippen LogP) is 2.46. The molecule has 0 heterocycles. The molecule has 0 radical (unpaired) electrons. The average Bonchev–Trinajstić information content (AvgIpc) is 2.42. The van der Waals surface area contributed by atoms with E-state index in [-0.39, 0.29) is 23.4 Å². The molecule has 0 aromatic heterocycles. The van der Waals surface area contributed by atoms with Gasteiger partial charge in [0.15, 0.2) is 0 Å². The van der Waals surface area contributed by atoms with E-state index in [0.717, 1.165) is 0 Å². The molecule has 0 saturated heterocycles. The fourth-order valence-electron chi connectivity index (χ4n) is 1.37. The van der Waals surface area contributed by atoms with Gasteiger partial charge in [0.2, 0.25) is 0 Å². The molecule has 98 valence electrons. The number of para-hydroxylation sites is 1. The molecule has 1 aromatic rings. The van der Waals surface area contributed by atoms with E-state index in [1.54, 1.807) is 6.07 Å². The monoisotopic (exact) mass is 262 g/mol. The smallest absolute Gasteiger partial charge is 0.333 e. The normalized spacial score (nSPS) is 10.5. The highest BCUT2D eigenvalue weighted by Gasteiger charge is 2.14. The molecule has 0 N–H and O–H groups in total. The molecule has 0 spiro atoms. The van der Waals surface area contributed by atoms with Crippen LogP contribution in [0.3, 0.4) is 0 Å². The van der Waals surface area contributed by atoms with E-state index in [0.29, 0.717) is 0 Å². The van der Waals surface area contributed by atoms with Crippen LogP contribution >= 0.6 is 0 Å². The second-order valence-corrected chi connectivity index (χ2v) is 3.37. The van der Waals surface area contributed by atoms with Crippen molar-refractivity contribution >= 4 is 17.7 Å². The summed E-state index contributed by atoms with van der Waals surface area (Å²) in [7, 11) is 1.17. The van der Waals surface area contributed by atoms with Crippen LogP contribution in [-0.2, 0) is 9.53 Å². The molecule has 0 bridgehead atoms. The third-order valence-corrected chi connectivity index (χ3v) is 2.22. The maximum absolute atomic E-state index is 11.5. The Balaban J connectivity index is 3.24. The van der Waals surface area contributed by atoms with E-state index in [1.807, 2.05) is 0 Å². The number of nitrogens with zero attached hydrogens (tertiary/aromatic N) is 4. The second-order valence-electron chi connectivity index (χ2n) is 3.37. The number of benzene rings is 1. The molecule has 0 aliphatic rings. The number of ether oxygens (including phenoxy) is 1. The number of methoxy groups -OCH3 is 1. The highest BCUT2D eigenvalue weighted by Crippen LogP contribution is 2.21. The number of carbonyl (C=O) groups excluding carboxylic acids is 1. The van der Waals surface area contributed by atoms with Crippen molar-refractivity contribution in [2.24, 2.45) is 5.11 Å². The van der Waals surface area contributed by atoms with Crippen LogP contribution in [-0.4, -0.2) is 24.5 Å². The van der Waals surface area contributed by atoms with E-state index >= 15 is 0 Å². The SMILES string of the molecule is COC(=O)/C(=C\c1ccccc1[N+](=O)[O-])CN=[N+]=[N-]. The lowest BCUT2D eigenvalue weighted by molar-refractivity contribution is -0.385. The molecule has 8 heteroatoms. The van der Waals surface area contributed by atoms with Gasteiger partial charge in [-0.2, -0.15) is 0 Å². The third-order valence-electron chi connectivity index (χ3n) is 2.22. The molecule has 0 amide bonds. The number of azide groups is 1. The molecule has 0 fully saturated rings.